The molecule has 0 radical (unpaired) electrons. The van der Waals surface area contributed by atoms with Gasteiger partial charge in [0.1, 0.15) is 5.25 Å². The quantitative estimate of drug-likeness (QED) is 0.763. The van der Waals surface area contributed by atoms with E-state index in [9.17, 15) is 13.2 Å². The van der Waals surface area contributed by atoms with Gasteiger partial charge in [-0.3, -0.25) is 4.79 Å². The summed E-state index contributed by atoms with van der Waals surface area (Å²) in [7, 11) is -3.31. The summed E-state index contributed by atoms with van der Waals surface area (Å²) in [6.45, 7) is 9.11. The molecule has 1 N–H and O–H groups in total. The van der Waals surface area contributed by atoms with Gasteiger partial charge >= 0.3 is 0 Å². The Kier molecular flexibility index (Phi) is 6.16. The van der Waals surface area contributed by atoms with Gasteiger partial charge in [-0.2, -0.15) is 0 Å². The van der Waals surface area contributed by atoms with Crippen LogP contribution in [0.3, 0.4) is 0 Å². The molecule has 0 aliphatic heterocycles. The highest BCUT2D eigenvalue weighted by Gasteiger charge is 2.30. The zero-order valence-electron chi connectivity index (χ0n) is 11.5. The van der Waals surface area contributed by atoms with Crippen molar-refractivity contribution in [2.75, 3.05) is 5.75 Å². The number of rotatable bonds is 7. The summed E-state index contributed by atoms with van der Waals surface area (Å²) in [6, 6.07) is 0. The molecular weight excluding hydrogens is 238 g/mol. The molecule has 0 bridgehead atoms. The maximum atomic E-state index is 11.9. The minimum Gasteiger partial charge on any atom is -0.350 e. The van der Waals surface area contributed by atoms with Gasteiger partial charge in [-0.15, -0.1) is 0 Å². The Bertz CT molecular complexity index is 347. The fraction of sp³-hybridized carbons (Fsp3) is 0.917. The minimum atomic E-state index is -3.31. The maximum Gasteiger partial charge on any atom is 0.238 e. The summed E-state index contributed by atoms with van der Waals surface area (Å²) in [5.74, 6) is -0.326. The second-order valence-corrected chi connectivity index (χ2v) is 7.57. The molecular formula is C12H25NO3S. The Hall–Kier alpha value is -0.580. The van der Waals surface area contributed by atoms with Crippen molar-refractivity contribution < 1.29 is 13.2 Å². The van der Waals surface area contributed by atoms with E-state index >= 15 is 0 Å². The molecule has 0 aliphatic carbocycles. The summed E-state index contributed by atoms with van der Waals surface area (Å²) in [6.07, 6.45) is 2.32. The smallest absolute Gasteiger partial charge is 0.238 e. The Morgan fingerprint density at radius 3 is 2.18 bits per heavy atom. The summed E-state index contributed by atoms with van der Waals surface area (Å²) < 4.78 is 23.5. The number of carbonyl (C=O) groups excluding carboxylic acids is 1. The van der Waals surface area contributed by atoms with E-state index in [1.54, 1.807) is 6.92 Å². The molecule has 0 unspecified atom stereocenters. The van der Waals surface area contributed by atoms with E-state index in [0.29, 0.717) is 6.42 Å². The third-order valence-corrected chi connectivity index (χ3v) is 5.00. The second kappa shape index (κ2) is 6.38. The molecule has 0 saturated heterocycles. The van der Waals surface area contributed by atoms with E-state index in [1.807, 2.05) is 20.8 Å². The minimum absolute atomic E-state index is 0.0653. The summed E-state index contributed by atoms with van der Waals surface area (Å²) in [5, 5.41) is 1.84. The Morgan fingerprint density at radius 2 is 1.76 bits per heavy atom. The highest BCUT2D eigenvalue weighted by atomic mass is 32.2. The maximum absolute atomic E-state index is 11.9. The van der Waals surface area contributed by atoms with Gasteiger partial charge in [0.15, 0.2) is 9.84 Å². The molecule has 0 heterocycles. The predicted octanol–water partition coefficient (Wildman–Crippen LogP) is 1.89. The lowest BCUT2D eigenvalue weighted by atomic mass is 9.99. The summed E-state index contributed by atoms with van der Waals surface area (Å²) >= 11 is 0. The first-order valence-electron chi connectivity index (χ1n) is 6.20. The van der Waals surface area contributed by atoms with Gasteiger partial charge in [0.2, 0.25) is 5.91 Å². The van der Waals surface area contributed by atoms with E-state index in [0.717, 1.165) is 12.8 Å². The lowest BCUT2D eigenvalue weighted by Gasteiger charge is -2.27. The van der Waals surface area contributed by atoms with Crippen molar-refractivity contribution in [3.05, 3.63) is 0 Å². The molecule has 5 heteroatoms. The molecule has 0 aromatic rings. The molecule has 0 fully saturated rings. The van der Waals surface area contributed by atoms with Gasteiger partial charge in [-0.25, -0.2) is 8.42 Å². The van der Waals surface area contributed by atoms with Crippen molar-refractivity contribution in [1.29, 1.82) is 0 Å². The van der Waals surface area contributed by atoms with E-state index in [-0.39, 0.29) is 11.3 Å². The van der Waals surface area contributed by atoms with E-state index in [2.05, 4.69) is 5.32 Å². The van der Waals surface area contributed by atoms with Crippen LogP contribution in [0.5, 0.6) is 0 Å². The van der Waals surface area contributed by atoms with Crippen molar-refractivity contribution in [3.63, 3.8) is 0 Å². The third kappa shape index (κ3) is 5.52. The van der Waals surface area contributed by atoms with E-state index in [1.165, 1.54) is 6.92 Å². The molecule has 0 rings (SSSR count). The largest absolute Gasteiger partial charge is 0.350 e. The van der Waals surface area contributed by atoms with Gasteiger partial charge in [0.25, 0.3) is 0 Å². The van der Waals surface area contributed by atoms with Crippen LogP contribution in [0.2, 0.25) is 0 Å². The number of amides is 1. The summed E-state index contributed by atoms with van der Waals surface area (Å²) in [4.78, 5) is 11.9. The molecule has 102 valence electrons. The fourth-order valence-electron chi connectivity index (χ4n) is 1.75. The van der Waals surface area contributed by atoms with Crippen LogP contribution in [0.4, 0.5) is 0 Å². The van der Waals surface area contributed by atoms with Crippen molar-refractivity contribution >= 4 is 15.7 Å². The zero-order valence-corrected chi connectivity index (χ0v) is 12.4. The van der Waals surface area contributed by atoms with Crippen LogP contribution in [-0.2, 0) is 14.6 Å². The van der Waals surface area contributed by atoms with Crippen molar-refractivity contribution in [1.82, 2.24) is 5.32 Å². The molecule has 0 spiro atoms. The molecule has 0 aliphatic rings. The van der Waals surface area contributed by atoms with E-state index < -0.39 is 21.0 Å². The van der Waals surface area contributed by atoms with Crippen LogP contribution in [0.15, 0.2) is 0 Å². The van der Waals surface area contributed by atoms with Gasteiger partial charge in [-0.05, 0) is 33.6 Å². The first kappa shape index (κ1) is 16.4. The molecule has 1 atom stereocenters. The van der Waals surface area contributed by atoms with Crippen LogP contribution < -0.4 is 5.32 Å². The molecule has 4 nitrogen and oxygen atoms in total. The topological polar surface area (TPSA) is 63.2 Å². The lowest BCUT2D eigenvalue weighted by molar-refractivity contribution is -0.122. The van der Waals surface area contributed by atoms with Crippen LogP contribution in [0, 0.1) is 0 Å². The SMILES string of the molecule is CCCC(C)(C)NC(=O)[C@H](C)S(=O)(=O)CCC. The number of hydrogen-bond donors (Lipinski definition) is 1. The second-order valence-electron chi connectivity index (χ2n) is 5.13. The Labute approximate surface area is 105 Å². The number of carbonyl (C=O) groups is 1. The predicted molar refractivity (Wildman–Crippen MR) is 70.7 cm³/mol. The molecule has 1 amide bonds. The first-order valence-corrected chi connectivity index (χ1v) is 7.91. The van der Waals surface area contributed by atoms with Crippen molar-refractivity contribution in [3.8, 4) is 0 Å². The average molecular weight is 263 g/mol. The number of nitrogens with one attached hydrogen (secondary N) is 1. The Balaban J connectivity index is 4.63. The highest BCUT2D eigenvalue weighted by molar-refractivity contribution is 7.92. The highest BCUT2D eigenvalue weighted by Crippen LogP contribution is 2.13. The average Bonchev–Trinajstić information content (AvgIpc) is 2.15. The third-order valence-electron chi connectivity index (χ3n) is 2.73. The van der Waals surface area contributed by atoms with Crippen LogP contribution in [-0.4, -0.2) is 30.9 Å². The first-order chi connectivity index (χ1) is 7.66. The Morgan fingerprint density at radius 1 is 1.24 bits per heavy atom. The standard InChI is InChI=1S/C12H25NO3S/c1-6-8-12(4,5)13-11(14)10(3)17(15,16)9-7-2/h10H,6-9H2,1-5H3,(H,13,14)/t10-/m0/s1. The van der Waals surface area contributed by atoms with Crippen LogP contribution in [0.1, 0.15) is 53.9 Å². The molecule has 0 aromatic carbocycles. The molecule has 0 saturated carbocycles. The number of hydrogen-bond acceptors (Lipinski definition) is 3. The van der Waals surface area contributed by atoms with Crippen LogP contribution >= 0.6 is 0 Å². The number of sulfone groups is 1. The van der Waals surface area contributed by atoms with Crippen molar-refractivity contribution in [2.24, 2.45) is 0 Å². The lowest BCUT2D eigenvalue weighted by Crippen LogP contribution is -2.49. The monoisotopic (exact) mass is 263 g/mol. The van der Waals surface area contributed by atoms with Gasteiger partial charge in [-0.1, -0.05) is 20.3 Å². The van der Waals surface area contributed by atoms with E-state index in [4.69, 9.17) is 0 Å². The normalized spacial score (nSPS) is 14.4. The molecule has 0 aromatic heterocycles. The summed E-state index contributed by atoms with van der Waals surface area (Å²) in [5.41, 5.74) is -0.345. The van der Waals surface area contributed by atoms with Crippen molar-refractivity contribution in [2.45, 2.75) is 64.7 Å². The van der Waals surface area contributed by atoms with Gasteiger partial charge < -0.3 is 5.32 Å². The fourth-order valence-corrected chi connectivity index (χ4v) is 3.05. The molecule has 17 heavy (non-hydrogen) atoms. The zero-order chi connectivity index (χ0) is 13.7. The van der Waals surface area contributed by atoms with Crippen LogP contribution in [0.25, 0.3) is 0 Å². The van der Waals surface area contributed by atoms with Gasteiger partial charge in [0.05, 0.1) is 5.75 Å². The van der Waals surface area contributed by atoms with Gasteiger partial charge in [0, 0.05) is 5.54 Å².